The number of hydrogen-bond acceptors (Lipinski definition) is 5. The summed E-state index contributed by atoms with van der Waals surface area (Å²) in [4.78, 5) is 17.1. The van der Waals surface area contributed by atoms with Crippen LogP contribution in [0.3, 0.4) is 0 Å². The highest BCUT2D eigenvalue weighted by atomic mass is 19.1. The van der Waals surface area contributed by atoms with Crippen LogP contribution in [-0.4, -0.2) is 24.8 Å². The number of halogens is 1. The predicted octanol–water partition coefficient (Wildman–Crippen LogP) is 3.01. The van der Waals surface area contributed by atoms with E-state index < -0.39 is 5.66 Å². The number of nitrogens with one attached hydrogen (secondary N) is 3. The molecule has 0 unspecified atom stereocenters. The van der Waals surface area contributed by atoms with E-state index in [4.69, 9.17) is 0 Å². The van der Waals surface area contributed by atoms with Gasteiger partial charge >= 0.3 is 0 Å². The van der Waals surface area contributed by atoms with Crippen molar-refractivity contribution in [2.24, 2.45) is 0 Å². The molecule has 3 aliphatic heterocycles. The van der Waals surface area contributed by atoms with Crippen molar-refractivity contribution in [3.63, 3.8) is 0 Å². The Hall–Kier alpha value is -3.48. The molecule has 2 aromatic rings. The molecule has 0 aromatic heterocycles. The molecule has 3 N–H and O–H groups in total. The number of carbonyl (C=O) groups is 1. The zero-order valence-electron chi connectivity index (χ0n) is 17.0. The van der Waals surface area contributed by atoms with E-state index in [2.05, 4.69) is 44.0 Å². The van der Waals surface area contributed by atoms with Gasteiger partial charge in [0.15, 0.2) is 0 Å². The molecular weight excluding hydrogens is 381 g/mol. The lowest BCUT2D eigenvalue weighted by Gasteiger charge is -2.45. The van der Waals surface area contributed by atoms with Crippen LogP contribution in [0.1, 0.15) is 29.8 Å². The van der Waals surface area contributed by atoms with E-state index in [0.29, 0.717) is 18.8 Å². The maximum absolute atomic E-state index is 13.4. The molecule has 1 amide bonds. The Morgan fingerprint density at radius 1 is 1.10 bits per heavy atom. The first-order valence-electron chi connectivity index (χ1n) is 10.1. The summed E-state index contributed by atoms with van der Waals surface area (Å²) in [6.45, 7) is 5.99. The van der Waals surface area contributed by atoms with Gasteiger partial charge in [-0.25, -0.2) is 4.39 Å². The maximum atomic E-state index is 13.4. The van der Waals surface area contributed by atoms with Crippen LogP contribution in [0, 0.1) is 5.82 Å². The molecule has 0 saturated heterocycles. The number of amides is 1. The Kier molecular flexibility index (Phi) is 4.20. The van der Waals surface area contributed by atoms with Crippen LogP contribution in [0.25, 0.3) is 0 Å². The fraction of sp³-hybridized carbons (Fsp3) is 0.261. The summed E-state index contributed by atoms with van der Waals surface area (Å²) < 4.78 is 13.4. The first kappa shape index (κ1) is 18.5. The Morgan fingerprint density at radius 3 is 2.70 bits per heavy atom. The molecule has 0 fully saturated rings. The molecule has 0 saturated carbocycles. The fourth-order valence-electron chi connectivity index (χ4n) is 4.23. The molecule has 2 aromatic carbocycles. The molecule has 6 nitrogen and oxygen atoms in total. The van der Waals surface area contributed by atoms with Crippen molar-refractivity contribution in [2.75, 3.05) is 23.0 Å². The standard InChI is InChI=1S/C23H24FN5O/c1-23(2)27-22(30)18-10-9-17(28-14-26-21-19(28)4-3-11-25-21)12-20(18)29(23)13-15-5-7-16(24)8-6-15/h3-10,12,25-26H,11,13-14H2,1-2H3,(H,27,30). The quantitative estimate of drug-likeness (QED) is 0.733. The summed E-state index contributed by atoms with van der Waals surface area (Å²) in [6, 6.07) is 12.4. The largest absolute Gasteiger partial charge is 0.367 e. The third-order valence-corrected chi connectivity index (χ3v) is 5.81. The highest BCUT2D eigenvalue weighted by Crippen LogP contribution is 2.37. The van der Waals surface area contributed by atoms with Crippen LogP contribution in [0.2, 0.25) is 0 Å². The molecule has 154 valence electrons. The molecule has 0 bridgehead atoms. The van der Waals surface area contributed by atoms with Crippen molar-refractivity contribution in [1.29, 1.82) is 0 Å². The van der Waals surface area contributed by atoms with Crippen LogP contribution in [0.5, 0.6) is 0 Å². The van der Waals surface area contributed by atoms with E-state index in [1.54, 1.807) is 12.1 Å². The van der Waals surface area contributed by atoms with Crippen LogP contribution in [-0.2, 0) is 6.54 Å². The number of nitrogens with zero attached hydrogens (tertiary/aromatic N) is 2. The average molecular weight is 405 g/mol. The van der Waals surface area contributed by atoms with E-state index in [1.807, 2.05) is 26.0 Å². The van der Waals surface area contributed by atoms with Gasteiger partial charge in [-0.1, -0.05) is 18.2 Å². The van der Waals surface area contributed by atoms with Crippen molar-refractivity contribution < 1.29 is 9.18 Å². The molecule has 30 heavy (non-hydrogen) atoms. The number of dihydropyridines is 1. The monoisotopic (exact) mass is 405 g/mol. The van der Waals surface area contributed by atoms with Crippen LogP contribution >= 0.6 is 0 Å². The van der Waals surface area contributed by atoms with Crippen molar-refractivity contribution in [2.45, 2.75) is 26.1 Å². The predicted molar refractivity (Wildman–Crippen MR) is 115 cm³/mol. The number of carbonyl (C=O) groups excluding carboxylic acids is 1. The first-order chi connectivity index (χ1) is 14.4. The summed E-state index contributed by atoms with van der Waals surface area (Å²) >= 11 is 0. The molecule has 0 aliphatic carbocycles. The van der Waals surface area contributed by atoms with Crippen molar-refractivity contribution in [3.05, 3.63) is 83.1 Å². The van der Waals surface area contributed by atoms with Crippen LogP contribution in [0.4, 0.5) is 15.8 Å². The number of anilines is 2. The number of rotatable bonds is 3. The van der Waals surface area contributed by atoms with Gasteiger partial charge in [0.1, 0.15) is 17.3 Å². The Bertz CT molecular complexity index is 1070. The summed E-state index contributed by atoms with van der Waals surface area (Å²) in [5.74, 6) is 0.680. The van der Waals surface area contributed by atoms with Gasteiger partial charge in [0, 0.05) is 18.8 Å². The Balaban J connectivity index is 1.55. The minimum atomic E-state index is -0.586. The summed E-state index contributed by atoms with van der Waals surface area (Å²) in [5, 5.41) is 9.81. The van der Waals surface area contributed by atoms with Gasteiger partial charge < -0.3 is 25.8 Å². The number of allylic oxidation sites excluding steroid dienone is 1. The fourth-order valence-corrected chi connectivity index (χ4v) is 4.23. The smallest absolute Gasteiger partial charge is 0.255 e. The van der Waals surface area contributed by atoms with Gasteiger partial charge in [0.25, 0.3) is 5.91 Å². The number of hydrogen-bond donors (Lipinski definition) is 3. The Morgan fingerprint density at radius 2 is 1.90 bits per heavy atom. The van der Waals surface area contributed by atoms with E-state index in [0.717, 1.165) is 35.0 Å². The second kappa shape index (κ2) is 6.79. The second-order valence-electron chi connectivity index (χ2n) is 8.23. The van der Waals surface area contributed by atoms with Gasteiger partial charge in [-0.3, -0.25) is 4.79 Å². The summed E-state index contributed by atoms with van der Waals surface area (Å²) in [7, 11) is 0. The molecule has 5 rings (SSSR count). The van der Waals surface area contributed by atoms with Crippen molar-refractivity contribution in [3.8, 4) is 0 Å². The van der Waals surface area contributed by atoms with E-state index in [-0.39, 0.29) is 11.7 Å². The third-order valence-electron chi connectivity index (χ3n) is 5.81. The van der Waals surface area contributed by atoms with E-state index in [9.17, 15) is 9.18 Å². The van der Waals surface area contributed by atoms with Crippen molar-refractivity contribution in [1.82, 2.24) is 16.0 Å². The summed E-state index contributed by atoms with van der Waals surface area (Å²) in [6.07, 6.45) is 4.20. The van der Waals surface area contributed by atoms with Gasteiger partial charge in [0.2, 0.25) is 0 Å². The van der Waals surface area contributed by atoms with Crippen LogP contribution in [0.15, 0.2) is 66.1 Å². The first-order valence-corrected chi connectivity index (χ1v) is 10.1. The zero-order valence-corrected chi connectivity index (χ0v) is 17.0. The minimum Gasteiger partial charge on any atom is -0.367 e. The van der Waals surface area contributed by atoms with Crippen LogP contribution < -0.4 is 25.8 Å². The van der Waals surface area contributed by atoms with Gasteiger partial charge in [0.05, 0.1) is 23.6 Å². The molecule has 0 radical (unpaired) electrons. The molecular formula is C23H24FN5O. The molecule has 7 heteroatoms. The SMILES string of the molecule is CC1(C)NC(=O)c2ccc(N3CNC4=C3C=CCN4)cc2N1Cc1ccc(F)cc1. The Labute approximate surface area is 175 Å². The second-order valence-corrected chi connectivity index (χ2v) is 8.23. The highest BCUT2D eigenvalue weighted by Gasteiger charge is 2.37. The number of fused-ring (bicyclic) bond motifs is 1. The highest BCUT2D eigenvalue weighted by molar-refractivity contribution is 6.03. The lowest BCUT2D eigenvalue weighted by atomic mass is 9.99. The number of benzene rings is 2. The van der Waals surface area contributed by atoms with Crippen molar-refractivity contribution >= 4 is 17.3 Å². The van der Waals surface area contributed by atoms with E-state index in [1.165, 1.54) is 12.1 Å². The molecule has 3 heterocycles. The van der Waals surface area contributed by atoms with E-state index >= 15 is 0 Å². The lowest BCUT2D eigenvalue weighted by molar-refractivity contribution is 0.0897. The zero-order chi connectivity index (χ0) is 20.9. The minimum absolute atomic E-state index is 0.0874. The van der Waals surface area contributed by atoms with Gasteiger partial charge in [-0.2, -0.15) is 0 Å². The van der Waals surface area contributed by atoms with Gasteiger partial charge in [-0.05, 0) is 55.8 Å². The molecule has 3 aliphatic rings. The topological polar surface area (TPSA) is 59.6 Å². The lowest BCUT2D eigenvalue weighted by Crippen LogP contribution is -2.60. The normalized spacial score (nSPS) is 19.1. The maximum Gasteiger partial charge on any atom is 0.255 e. The average Bonchev–Trinajstić information content (AvgIpc) is 3.16. The molecule has 0 spiro atoms. The molecule has 0 atom stereocenters. The third kappa shape index (κ3) is 3.07. The summed E-state index contributed by atoms with van der Waals surface area (Å²) in [5.41, 5.74) is 3.99. The van der Waals surface area contributed by atoms with Gasteiger partial charge in [-0.15, -0.1) is 0 Å².